The van der Waals surface area contributed by atoms with Gasteiger partial charge in [0.1, 0.15) is 17.3 Å². The van der Waals surface area contributed by atoms with E-state index < -0.39 is 34.2 Å². The van der Waals surface area contributed by atoms with Crippen LogP contribution in [0.25, 0.3) is 0 Å². The number of carbonyl (C=O) groups excluding carboxylic acids is 1. The third-order valence-electron chi connectivity index (χ3n) is 3.99. The number of pyridine rings is 2. The average molecular weight is 440 g/mol. The number of alkyl halides is 3. The third kappa shape index (κ3) is 4.95. The molecule has 0 atom stereocenters. The van der Waals surface area contributed by atoms with Crippen molar-refractivity contribution in [2.45, 2.75) is 12.7 Å². The average Bonchev–Trinajstić information content (AvgIpc) is 2.68. The molecule has 0 fully saturated rings. The Morgan fingerprint density at radius 1 is 1.17 bits per heavy atom. The summed E-state index contributed by atoms with van der Waals surface area (Å²) in [4.78, 5) is 19.7. The second kappa shape index (κ2) is 8.54. The van der Waals surface area contributed by atoms with E-state index in [0.29, 0.717) is 18.0 Å². The van der Waals surface area contributed by atoms with Gasteiger partial charge in [-0.2, -0.15) is 13.2 Å². The van der Waals surface area contributed by atoms with Gasteiger partial charge < -0.3 is 16.4 Å². The van der Waals surface area contributed by atoms with Crippen molar-refractivity contribution in [3.05, 3.63) is 76.5 Å². The van der Waals surface area contributed by atoms with Gasteiger partial charge in [0.05, 0.1) is 16.3 Å². The Balaban J connectivity index is 1.75. The molecule has 0 saturated carbocycles. The molecular formula is C19H14ClF4N5O. The van der Waals surface area contributed by atoms with Crippen molar-refractivity contribution in [2.24, 2.45) is 0 Å². The van der Waals surface area contributed by atoms with Gasteiger partial charge >= 0.3 is 6.18 Å². The lowest BCUT2D eigenvalue weighted by Gasteiger charge is -2.12. The summed E-state index contributed by atoms with van der Waals surface area (Å²) >= 11 is 5.77. The highest BCUT2D eigenvalue weighted by Gasteiger charge is 2.32. The van der Waals surface area contributed by atoms with E-state index in [2.05, 4.69) is 20.6 Å². The number of hydrogen-bond acceptors (Lipinski definition) is 5. The summed E-state index contributed by atoms with van der Waals surface area (Å²) < 4.78 is 52.2. The fourth-order valence-corrected chi connectivity index (χ4v) is 2.75. The van der Waals surface area contributed by atoms with Gasteiger partial charge in [-0.05, 0) is 36.4 Å². The second-order valence-electron chi connectivity index (χ2n) is 6.10. The van der Waals surface area contributed by atoms with Gasteiger partial charge in [0.15, 0.2) is 0 Å². The summed E-state index contributed by atoms with van der Waals surface area (Å²) in [6.45, 7) is 0.0464. The van der Waals surface area contributed by atoms with Crippen LogP contribution in [-0.2, 0) is 12.7 Å². The number of nitrogens with one attached hydrogen (secondary N) is 2. The maximum absolute atomic E-state index is 14.1. The zero-order valence-electron chi connectivity index (χ0n) is 15.1. The number of benzene rings is 1. The van der Waals surface area contributed by atoms with E-state index >= 15 is 0 Å². The molecule has 1 amide bonds. The van der Waals surface area contributed by atoms with Crippen LogP contribution in [-0.4, -0.2) is 15.9 Å². The number of rotatable bonds is 5. The molecule has 156 valence electrons. The summed E-state index contributed by atoms with van der Waals surface area (Å²) in [6, 6.07) is 7.75. The van der Waals surface area contributed by atoms with Crippen LogP contribution in [0.5, 0.6) is 0 Å². The van der Waals surface area contributed by atoms with Crippen LogP contribution >= 0.6 is 11.6 Å². The molecule has 0 aliphatic heterocycles. The number of hydrogen-bond donors (Lipinski definition) is 3. The van der Waals surface area contributed by atoms with Crippen molar-refractivity contribution in [2.75, 3.05) is 16.4 Å². The molecule has 4 N–H and O–H groups in total. The van der Waals surface area contributed by atoms with E-state index in [0.717, 1.165) is 6.07 Å². The zero-order valence-corrected chi connectivity index (χ0v) is 15.9. The van der Waals surface area contributed by atoms with Gasteiger partial charge in [-0.1, -0.05) is 11.6 Å². The monoisotopic (exact) mass is 439 g/mol. The molecular weight excluding hydrogens is 426 g/mol. The fraction of sp³-hybridized carbons (Fsp3) is 0.105. The van der Waals surface area contributed by atoms with Crippen LogP contribution in [0.2, 0.25) is 5.02 Å². The Morgan fingerprint density at radius 2 is 1.93 bits per heavy atom. The fourth-order valence-electron chi connectivity index (χ4n) is 2.50. The Kier molecular flexibility index (Phi) is 6.06. The minimum absolute atomic E-state index is 0.0464. The maximum atomic E-state index is 14.1. The largest absolute Gasteiger partial charge is 0.417 e. The lowest BCUT2D eigenvalue weighted by molar-refractivity contribution is -0.137. The Hall–Kier alpha value is -3.40. The number of nitrogens with zero attached hydrogens (tertiary/aromatic N) is 2. The maximum Gasteiger partial charge on any atom is 0.417 e. The van der Waals surface area contributed by atoms with Crippen molar-refractivity contribution in [1.82, 2.24) is 9.97 Å². The van der Waals surface area contributed by atoms with E-state index in [4.69, 9.17) is 17.3 Å². The highest BCUT2D eigenvalue weighted by Crippen LogP contribution is 2.31. The quantitative estimate of drug-likeness (QED) is 0.499. The van der Waals surface area contributed by atoms with Crippen LogP contribution in [0.1, 0.15) is 21.6 Å². The molecule has 2 aromatic heterocycles. The van der Waals surface area contributed by atoms with Crippen molar-refractivity contribution in [3.63, 3.8) is 0 Å². The Morgan fingerprint density at radius 3 is 2.60 bits per heavy atom. The van der Waals surface area contributed by atoms with Crippen molar-refractivity contribution in [1.29, 1.82) is 0 Å². The van der Waals surface area contributed by atoms with Crippen LogP contribution in [0.4, 0.5) is 34.8 Å². The molecule has 1 aromatic carbocycles. The highest BCUT2D eigenvalue weighted by molar-refractivity contribution is 6.34. The topological polar surface area (TPSA) is 92.9 Å². The number of amides is 1. The van der Waals surface area contributed by atoms with Crippen molar-refractivity contribution >= 4 is 34.7 Å². The molecule has 30 heavy (non-hydrogen) atoms. The molecule has 0 bridgehead atoms. The van der Waals surface area contributed by atoms with Gasteiger partial charge in [-0.25, -0.2) is 14.4 Å². The first-order chi connectivity index (χ1) is 14.1. The molecule has 0 spiro atoms. The van der Waals surface area contributed by atoms with Gasteiger partial charge in [0.2, 0.25) is 0 Å². The number of carbonyl (C=O) groups is 1. The normalized spacial score (nSPS) is 11.2. The summed E-state index contributed by atoms with van der Waals surface area (Å²) in [5.41, 5.74) is 5.17. The molecule has 0 aliphatic carbocycles. The van der Waals surface area contributed by atoms with E-state index in [1.807, 2.05) is 0 Å². The number of halogens is 5. The minimum Gasteiger partial charge on any atom is -0.382 e. The van der Waals surface area contributed by atoms with Crippen LogP contribution in [0, 0.1) is 5.82 Å². The van der Waals surface area contributed by atoms with E-state index in [1.165, 1.54) is 18.3 Å². The van der Waals surface area contributed by atoms with Gasteiger partial charge in [-0.15, -0.1) is 0 Å². The second-order valence-corrected chi connectivity index (χ2v) is 6.51. The first kappa shape index (κ1) is 21.3. The van der Waals surface area contributed by atoms with Gasteiger partial charge in [0.25, 0.3) is 5.91 Å². The van der Waals surface area contributed by atoms with Crippen LogP contribution < -0.4 is 16.4 Å². The Labute approximate surface area is 173 Å². The van der Waals surface area contributed by atoms with Crippen molar-refractivity contribution in [3.8, 4) is 0 Å². The minimum atomic E-state index is -4.64. The predicted molar refractivity (Wildman–Crippen MR) is 105 cm³/mol. The number of aromatic nitrogens is 2. The summed E-state index contributed by atoms with van der Waals surface area (Å²) in [5.74, 6) is -1.13. The molecule has 3 aromatic rings. The lowest BCUT2D eigenvalue weighted by atomic mass is 10.1. The summed E-state index contributed by atoms with van der Waals surface area (Å²) in [7, 11) is 0. The molecule has 6 nitrogen and oxygen atoms in total. The summed E-state index contributed by atoms with van der Waals surface area (Å²) in [5, 5.41) is 4.91. The standard InChI is InChI=1S/C19H14ClF4N5O/c20-13-7-11(19(22,23)24)9-28-16(13)18(30)29-12-3-4-14(21)10(6-12)8-27-15-2-1-5-26-17(15)25/h1-7,9,27H,8H2,(H2,25,26)(H,29,30). The number of nitrogens with two attached hydrogens (primary N) is 1. The molecule has 0 aliphatic rings. The molecule has 2 heterocycles. The molecule has 3 rings (SSSR count). The first-order valence-electron chi connectivity index (χ1n) is 8.42. The SMILES string of the molecule is Nc1ncccc1NCc1cc(NC(=O)c2ncc(C(F)(F)F)cc2Cl)ccc1F. The van der Waals surface area contributed by atoms with Crippen molar-refractivity contribution < 1.29 is 22.4 Å². The smallest absolute Gasteiger partial charge is 0.382 e. The van der Waals surface area contributed by atoms with Gasteiger partial charge in [-0.3, -0.25) is 4.79 Å². The van der Waals surface area contributed by atoms with E-state index in [9.17, 15) is 22.4 Å². The van der Waals surface area contributed by atoms with Gasteiger partial charge in [0, 0.05) is 30.2 Å². The Bertz CT molecular complexity index is 1090. The van der Waals surface area contributed by atoms with Crippen LogP contribution in [0.15, 0.2) is 48.8 Å². The molecule has 0 saturated heterocycles. The number of nitrogen functional groups attached to an aromatic ring is 1. The first-order valence-corrected chi connectivity index (χ1v) is 8.80. The molecule has 0 unspecified atom stereocenters. The summed E-state index contributed by atoms with van der Waals surface area (Å²) in [6.07, 6.45) is -2.61. The zero-order chi connectivity index (χ0) is 21.9. The number of anilines is 3. The van der Waals surface area contributed by atoms with Crippen LogP contribution in [0.3, 0.4) is 0 Å². The highest BCUT2D eigenvalue weighted by atomic mass is 35.5. The van der Waals surface area contributed by atoms with E-state index in [1.54, 1.807) is 12.1 Å². The third-order valence-corrected chi connectivity index (χ3v) is 4.28. The lowest BCUT2D eigenvalue weighted by Crippen LogP contribution is -2.16. The molecule has 11 heteroatoms. The van der Waals surface area contributed by atoms with E-state index in [-0.39, 0.29) is 23.6 Å². The predicted octanol–water partition coefficient (Wildman–Crippen LogP) is 4.73. The molecule has 0 radical (unpaired) electrons.